The number of hydrogen-bond acceptors (Lipinski definition) is 2. The number of rotatable bonds is 6. The first-order valence-electron chi connectivity index (χ1n) is 7.19. The van der Waals surface area contributed by atoms with E-state index in [2.05, 4.69) is 0 Å². The van der Waals surface area contributed by atoms with E-state index in [9.17, 15) is 9.90 Å². The van der Waals surface area contributed by atoms with Crippen LogP contribution in [0.4, 0.5) is 0 Å². The van der Waals surface area contributed by atoms with E-state index in [1.165, 1.54) is 5.56 Å². The Morgan fingerprint density at radius 3 is 2.05 bits per heavy atom. The van der Waals surface area contributed by atoms with Crippen LogP contribution in [0.2, 0.25) is 5.02 Å². The first-order chi connectivity index (χ1) is 10.4. The third kappa shape index (κ3) is 4.01. The van der Waals surface area contributed by atoms with E-state index in [1.54, 1.807) is 13.8 Å². The van der Waals surface area contributed by atoms with Gasteiger partial charge in [-0.25, -0.2) is 4.79 Å². The number of hydrogen-bond donors (Lipinski definition) is 1. The van der Waals surface area contributed by atoms with Crippen LogP contribution in [0.15, 0.2) is 48.5 Å². The van der Waals surface area contributed by atoms with Gasteiger partial charge in [-0.05, 0) is 55.2 Å². The lowest BCUT2D eigenvalue weighted by molar-refractivity contribution is -0.154. The van der Waals surface area contributed by atoms with Crippen molar-refractivity contribution in [2.45, 2.75) is 32.3 Å². The largest absolute Gasteiger partial charge is 0.478 e. The highest BCUT2D eigenvalue weighted by Crippen LogP contribution is 2.23. The molecule has 2 aromatic rings. The second-order valence-electron chi connectivity index (χ2n) is 5.44. The Kier molecular flexibility index (Phi) is 5.09. The van der Waals surface area contributed by atoms with Crippen molar-refractivity contribution in [1.29, 1.82) is 0 Å². The Labute approximate surface area is 135 Å². The van der Waals surface area contributed by atoms with Gasteiger partial charge in [-0.2, -0.15) is 0 Å². The molecule has 1 N–H and O–H groups in total. The minimum atomic E-state index is -1.20. The summed E-state index contributed by atoms with van der Waals surface area (Å²) in [6.07, 6.45) is 1.19. The monoisotopic (exact) mass is 318 g/mol. The normalized spacial score (nSPS) is 13.4. The van der Waals surface area contributed by atoms with E-state index in [1.807, 2.05) is 48.5 Å². The number of carboxylic acids is 1. The lowest BCUT2D eigenvalue weighted by Crippen LogP contribution is -2.40. The highest BCUT2D eigenvalue weighted by Gasteiger charge is 2.33. The summed E-state index contributed by atoms with van der Waals surface area (Å²) < 4.78 is 5.62. The lowest BCUT2D eigenvalue weighted by Gasteiger charge is -2.24. The van der Waals surface area contributed by atoms with Gasteiger partial charge in [-0.3, -0.25) is 0 Å². The predicted molar refractivity (Wildman–Crippen MR) is 87.7 cm³/mol. The predicted octanol–water partition coefficient (Wildman–Crippen LogP) is 4.56. The van der Waals surface area contributed by atoms with Crippen LogP contribution in [0.1, 0.15) is 31.4 Å². The Morgan fingerprint density at radius 1 is 1.09 bits per heavy atom. The maximum atomic E-state index is 11.3. The third-order valence-electron chi connectivity index (χ3n) is 3.72. The van der Waals surface area contributed by atoms with Gasteiger partial charge in [-0.1, -0.05) is 42.8 Å². The number of benzene rings is 2. The minimum Gasteiger partial charge on any atom is -0.478 e. The van der Waals surface area contributed by atoms with Crippen molar-refractivity contribution in [1.82, 2.24) is 0 Å². The Bertz CT molecular complexity index is 634. The van der Waals surface area contributed by atoms with Crippen molar-refractivity contribution in [3.05, 3.63) is 64.7 Å². The number of halogens is 1. The first-order valence-corrected chi connectivity index (χ1v) is 7.56. The molecule has 0 amide bonds. The SMILES string of the molecule is CC[C@](C)(Oc1ccc(Cc2ccc(Cl)cc2)cc1)C(=O)O. The van der Waals surface area contributed by atoms with Gasteiger partial charge < -0.3 is 9.84 Å². The highest BCUT2D eigenvalue weighted by molar-refractivity contribution is 6.30. The molecule has 0 aliphatic rings. The standard InChI is InChI=1S/C18H19ClO3/c1-3-18(2,17(20)21)22-16-10-6-14(7-11-16)12-13-4-8-15(19)9-5-13/h4-11H,3,12H2,1-2H3,(H,20,21)/t18-/m0/s1. The number of carboxylic acid groups (broad SMARTS) is 1. The van der Waals surface area contributed by atoms with Crippen molar-refractivity contribution in [3.8, 4) is 5.75 Å². The van der Waals surface area contributed by atoms with Gasteiger partial charge >= 0.3 is 5.97 Å². The molecule has 0 aliphatic carbocycles. The van der Waals surface area contributed by atoms with Crippen LogP contribution in [0.3, 0.4) is 0 Å². The van der Waals surface area contributed by atoms with Crippen LogP contribution < -0.4 is 4.74 Å². The molecule has 1 atom stereocenters. The van der Waals surface area contributed by atoms with Crippen molar-refractivity contribution < 1.29 is 14.6 Å². The lowest BCUT2D eigenvalue weighted by atomic mass is 10.0. The molecule has 0 radical (unpaired) electrons. The van der Waals surface area contributed by atoms with Gasteiger partial charge in [0.15, 0.2) is 0 Å². The summed E-state index contributed by atoms with van der Waals surface area (Å²) in [6, 6.07) is 15.2. The molecule has 116 valence electrons. The summed E-state index contributed by atoms with van der Waals surface area (Å²) >= 11 is 5.87. The molecule has 3 nitrogen and oxygen atoms in total. The molecule has 0 heterocycles. The van der Waals surface area contributed by atoms with Gasteiger partial charge in [0.05, 0.1) is 0 Å². The van der Waals surface area contributed by atoms with Crippen molar-refractivity contribution in [2.24, 2.45) is 0 Å². The molecule has 4 heteroatoms. The van der Waals surface area contributed by atoms with Crippen LogP contribution in [-0.4, -0.2) is 16.7 Å². The van der Waals surface area contributed by atoms with Gasteiger partial charge in [-0.15, -0.1) is 0 Å². The number of carbonyl (C=O) groups is 1. The van der Waals surface area contributed by atoms with Gasteiger partial charge in [0.2, 0.25) is 5.60 Å². The zero-order valence-electron chi connectivity index (χ0n) is 12.7. The molecule has 0 fully saturated rings. The van der Waals surface area contributed by atoms with Crippen LogP contribution in [0, 0.1) is 0 Å². The average molecular weight is 319 g/mol. The van der Waals surface area contributed by atoms with Crippen LogP contribution in [-0.2, 0) is 11.2 Å². The summed E-state index contributed by atoms with van der Waals surface area (Å²) in [6.45, 7) is 3.37. The van der Waals surface area contributed by atoms with Crippen LogP contribution >= 0.6 is 11.6 Å². The van der Waals surface area contributed by atoms with Gasteiger partial charge in [0, 0.05) is 5.02 Å². The van der Waals surface area contributed by atoms with E-state index >= 15 is 0 Å². The summed E-state index contributed by atoms with van der Waals surface area (Å²) in [4.78, 5) is 11.3. The zero-order valence-corrected chi connectivity index (χ0v) is 13.4. The maximum Gasteiger partial charge on any atom is 0.347 e. The molecule has 22 heavy (non-hydrogen) atoms. The molecule has 0 spiro atoms. The van der Waals surface area contributed by atoms with E-state index < -0.39 is 11.6 Å². The number of ether oxygens (including phenoxy) is 1. The zero-order chi connectivity index (χ0) is 16.2. The molecular formula is C18H19ClO3. The Hall–Kier alpha value is -2.00. The summed E-state index contributed by atoms with van der Waals surface area (Å²) in [5.41, 5.74) is 1.10. The van der Waals surface area contributed by atoms with E-state index in [0.29, 0.717) is 12.2 Å². The molecule has 0 aromatic heterocycles. The molecule has 0 bridgehead atoms. The second-order valence-corrected chi connectivity index (χ2v) is 5.88. The topological polar surface area (TPSA) is 46.5 Å². The van der Waals surface area contributed by atoms with Gasteiger partial charge in [0.25, 0.3) is 0 Å². The fourth-order valence-corrected chi connectivity index (χ4v) is 2.17. The summed E-state index contributed by atoms with van der Waals surface area (Å²) in [5, 5.41) is 9.95. The minimum absolute atomic E-state index is 0.398. The van der Waals surface area contributed by atoms with Crippen molar-refractivity contribution in [2.75, 3.05) is 0 Å². The second kappa shape index (κ2) is 6.84. The fraction of sp³-hybridized carbons (Fsp3) is 0.278. The smallest absolute Gasteiger partial charge is 0.347 e. The average Bonchev–Trinajstić information content (AvgIpc) is 2.51. The molecule has 0 aliphatic heterocycles. The number of aliphatic carboxylic acids is 1. The fourth-order valence-electron chi connectivity index (χ4n) is 2.04. The van der Waals surface area contributed by atoms with Crippen molar-refractivity contribution in [3.63, 3.8) is 0 Å². The summed E-state index contributed by atoms with van der Waals surface area (Å²) in [5.74, 6) is -0.396. The van der Waals surface area contributed by atoms with Gasteiger partial charge in [0.1, 0.15) is 5.75 Å². The quantitative estimate of drug-likeness (QED) is 0.849. The molecule has 0 unspecified atom stereocenters. The molecular weight excluding hydrogens is 300 g/mol. The third-order valence-corrected chi connectivity index (χ3v) is 3.97. The molecule has 2 rings (SSSR count). The maximum absolute atomic E-state index is 11.3. The molecule has 2 aromatic carbocycles. The van der Waals surface area contributed by atoms with Crippen LogP contribution in [0.5, 0.6) is 5.75 Å². The summed E-state index contributed by atoms with van der Waals surface area (Å²) in [7, 11) is 0. The highest BCUT2D eigenvalue weighted by atomic mass is 35.5. The molecule has 0 saturated carbocycles. The molecule has 0 saturated heterocycles. The Morgan fingerprint density at radius 2 is 1.59 bits per heavy atom. The Balaban J connectivity index is 2.07. The first kappa shape index (κ1) is 16.4. The van der Waals surface area contributed by atoms with Crippen LogP contribution in [0.25, 0.3) is 0 Å². The van der Waals surface area contributed by atoms with E-state index in [0.717, 1.165) is 17.0 Å². The van der Waals surface area contributed by atoms with E-state index in [4.69, 9.17) is 16.3 Å². The van der Waals surface area contributed by atoms with Crippen molar-refractivity contribution >= 4 is 17.6 Å². The van der Waals surface area contributed by atoms with E-state index in [-0.39, 0.29) is 0 Å².